The topological polar surface area (TPSA) is 81.7 Å². The number of hydrogen-bond donors (Lipinski definition) is 3. The summed E-state index contributed by atoms with van der Waals surface area (Å²) in [6.07, 6.45) is 9.11. The highest BCUT2D eigenvalue weighted by Gasteiger charge is 2.42. The lowest BCUT2D eigenvalue weighted by molar-refractivity contribution is -0.122. The van der Waals surface area contributed by atoms with Gasteiger partial charge in [0.05, 0.1) is 6.54 Å². The van der Waals surface area contributed by atoms with Crippen molar-refractivity contribution in [3.05, 3.63) is 0 Å². The molecule has 2 bridgehead atoms. The van der Waals surface area contributed by atoms with Crippen molar-refractivity contribution in [3.63, 3.8) is 0 Å². The van der Waals surface area contributed by atoms with E-state index in [2.05, 4.69) is 22.5 Å². The highest BCUT2D eigenvalue weighted by Crippen LogP contribution is 2.49. The van der Waals surface area contributed by atoms with Crippen molar-refractivity contribution < 1.29 is 14.7 Å². The molecule has 0 aromatic heterocycles. The van der Waals surface area contributed by atoms with E-state index in [0.717, 1.165) is 37.6 Å². The summed E-state index contributed by atoms with van der Waals surface area (Å²) in [5.74, 6) is 1.92. The molecule has 0 aromatic carbocycles. The van der Waals surface area contributed by atoms with Crippen molar-refractivity contribution >= 4 is 11.9 Å². The van der Waals surface area contributed by atoms with Crippen LogP contribution in [0.3, 0.4) is 0 Å². The fourth-order valence-electron chi connectivity index (χ4n) is 5.35. The number of imide groups is 1. The molecule has 3 rings (SSSR count). The molecule has 6 nitrogen and oxygen atoms in total. The van der Waals surface area contributed by atoms with Crippen LogP contribution in [0.25, 0.3) is 0 Å². The van der Waals surface area contributed by atoms with E-state index in [1.54, 1.807) is 0 Å². The third-order valence-corrected chi connectivity index (χ3v) is 6.60. The molecule has 2 aliphatic carbocycles. The van der Waals surface area contributed by atoms with Crippen molar-refractivity contribution in [1.82, 2.24) is 15.5 Å². The van der Waals surface area contributed by atoms with Gasteiger partial charge in [0.1, 0.15) is 0 Å². The van der Waals surface area contributed by atoms with Gasteiger partial charge < -0.3 is 10.4 Å². The summed E-state index contributed by atoms with van der Waals surface area (Å²) >= 11 is 0. The van der Waals surface area contributed by atoms with E-state index in [1.807, 2.05) is 0 Å². The summed E-state index contributed by atoms with van der Waals surface area (Å²) in [7, 11) is 0. The van der Waals surface area contributed by atoms with Gasteiger partial charge in [-0.05, 0) is 69.7 Å². The van der Waals surface area contributed by atoms with Crippen molar-refractivity contribution in [3.8, 4) is 0 Å². The molecular weight excluding hydrogens is 318 g/mol. The molecule has 3 aliphatic rings. The van der Waals surface area contributed by atoms with Crippen LogP contribution in [-0.4, -0.2) is 53.7 Å². The van der Waals surface area contributed by atoms with Gasteiger partial charge >= 0.3 is 6.03 Å². The second-order valence-electron chi connectivity index (χ2n) is 8.28. The van der Waals surface area contributed by atoms with Crippen LogP contribution in [0.5, 0.6) is 0 Å². The molecule has 0 spiro atoms. The van der Waals surface area contributed by atoms with Crippen molar-refractivity contribution in [2.45, 2.75) is 70.4 Å². The third-order valence-electron chi connectivity index (χ3n) is 6.60. The number of nitrogens with one attached hydrogen (secondary N) is 2. The van der Waals surface area contributed by atoms with Gasteiger partial charge in [-0.2, -0.15) is 0 Å². The molecule has 1 heterocycles. The van der Waals surface area contributed by atoms with Crippen LogP contribution in [-0.2, 0) is 4.79 Å². The Morgan fingerprint density at radius 2 is 2.04 bits per heavy atom. The quantitative estimate of drug-likeness (QED) is 0.682. The van der Waals surface area contributed by atoms with Gasteiger partial charge in [-0.1, -0.05) is 12.8 Å². The molecule has 142 valence electrons. The maximum Gasteiger partial charge on any atom is 0.321 e. The Balaban J connectivity index is 1.41. The van der Waals surface area contributed by atoms with E-state index in [0.29, 0.717) is 12.3 Å². The summed E-state index contributed by atoms with van der Waals surface area (Å²) in [6, 6.07) is 0.0109. The van der Waals surface area contributed by atoms with E-state index in [-0.39, 0.29) is 37.2 Å². The SMILES string of the molecule is CC(NC(=O)NC(=O)CN1CCCCC1CCO)C1CC2CCC1C2. The Morgan fingerprint density at radius 1 is 1.20 bits per heavy atom. The third kappa shape index (κ3) is 4.73. The zero-order chi connectivity index (χ0) is 17.8. The zero-order valence-electron chi connectivity index (χ0n) is 15.4. The van der Waals surface area contributed by atoms with Crippen LogP contribution in [0.15, 0.2) is 0 Å². The first kappa shape index (κ1) is 18.6. The molecule has 6 heteroatoms. The summed E-state index contributed by atoms with van der Waals surface area (Å²) in [5.41, 5.74) is 0. The number of carbonyl (C=O) groups is 2. The molecular formula is C19H33N3O3. The van der Waals surface area contributed by atoms with Gasteiger partial charge in [-0.25, -0.2) is 4.79 Å². The van der Waals surface area contributed by atoms with E-state index in [4.69, 9.17) is 0 Å². The van der Waals surface area contributed by atoms with Crippen LogP contribution in [0.2, 0.25) is 0 Å². The standard InChI is InChI=1S/C19H33N3O3/c1-13(17-11-14-5-6-15(17)10-14)20-19(25)21-18(24)12-22-8-3-2-4-16(22)7-9-23/h13-17,23H,2-12H2,1H3,(H2,20,21,24,25). The number of rotatable bonds is 6. The second-order valence-corrected chi connectivity index (χ2v) is 8.28. The average Bonchev–Trinajstić information content (AvgIpc) is 3.19. The number of urea groups is 1. The predicted molar refractivity (Wildman–Crippen MR) is 96.0 cm³/mol. The van der Waals surface area contributed by atoms with Gasteiger partial charge in [-0.3, -0.25) is 15.0 Å². The number of hydrogen-bond acceptors (Lipinski definition) is 4. The van der Waals surface area contributed by atoms with Gasteiger partial charge in [0.2, 0.25) is 5.91 Å². The molecule has 1 aliphatic heterocycles. The first-order valence-electron chi connectivity index (χ1n) is 10.0. The van der Waals surface area contributed by atoms with Crippen LogP contribution >= 0.6 is 0 Å². The minimum Gasteiger partial charge on any atom is -0.396 e. The van der Waals surface area contributed by atoms with Gasteiger partial charge in [-0.15, -0.1) is 0 Å². The molecule has 0 radical (unpaired) electrons. The van der Waals surface area contributed by atoms with E-state index in [1.165, 1.54) is 25.7 Å². The summed E-state index contributed by atoms with van der Waals surface area (Å²) < 4.78 is 0. The molecule has 3 N–H and O–H groups in total. The Kier molecular flexibility index (Phi) is 6.34. The van der Waals surface area contributed by atoms with E-state index in [9.17, 15) is 14.7 Å². The number of aliphatic hydroxyl groups excluding tert-OH is 1. The summed E-state index contributed by atoms with van der Waals surface area (Å²) in [4.78, 5) is 26.5. The van der Waals surface area contributed by atoms with Crippen molar-refractivity contribution in [1.29, 1.82) is 0 Å². The average molecular weight is 351 g/mol. The lowest BCUT2D eigenvalue weighted by Crippen LogP contribution is -2.51. The fraction of sp³-hybridized carbons (Fsp3) is 0.895. The Bertz CT molecular complexity index is 483. The number of carbonyl (C=O) groups excluding carboxylic acids is 2. The predicted octanol–water partition coefficient (Wildman–Crippen LogP) is 1.87. The lowest BCUT2D eigenvalue weighted by Gasteiger charge is -2.34. The number of aliphatic hydroxyl groups is 1. The van der Waals surface area contributed by atoms with Crippen LogP contribution < -0.4 is 10.6 Å². The largest absolute Gasteiger partial charge is 0.396 e. The Morgan fingerprint density at radius 3 is 2.72 bits per heavy atom. The second kappa shape index (κ2) is 8.49. The van der Waals surface area contributed by atoms with Crippen molar-refractivity contribution in [2.75, 3.05) is 19.7 Å². The molecule has 5 unspecified atom stereocenters. The number of piperidine rings is 1. The van der Waals surface area contributed by atoms with Crippen LogP contribution in [0, 0.1) is 17.8 Å². The fourth-order valence-corrected chi connectivity index (χ4v) is 5.35. The monoisotopic (exact) mass is 351 g/mol. The Labute approximate surface area is 150 Å². The smallest absolute Gasteiger partial charge is 0.321 e. The normalized spacial score (nSPS) is 33.2. The van der Waals surface area contributed by atoms with Gasteiger partial charge in [0.25, 0.3) is 0 Å². The van der Waals surface area contributed by atoms with Gasteiger partial charge in [0, 0.05) is 18.7 Å². The number of fused-ring (bicyclic) bond motifs is 2. The molecule has 5 atom stereocenters. The minimum atomic E-state index is -0.365. The summed E-state index contributed by atoms with van der Waals surface area (Å²) in [5, 5.41) is 14.6. The van der Waals surface area contributed by atoms with E-state index < -0.39 is 0 Å². The molecule has 1 saturated heterocycles. The maximum atomic E-state index is 12.2. The van der Waals surface area contributed by atoms with Gasteiger partial charge in [0.15, 0.2) is 0 Å². The van der Waals surface area contributed by atoms with E-state index >= 15 is 0 Å². The Hall–Kier alpha value is -1.14. The first-order valence-corrected chi connectivity index (χ1v) is 10.0. The van der Waals surface area contributed by atoms with Crippen LogP contribution in [0.1, 0.15) is 58.3 Å². The lowest BCUT2D eigenvalue weighted by atomic mass is 9.84. The highest BCUT2D eigenvalue weighted by molar-refractivity contribution is 5.95. The zero-order valence-corrected chi connectivity index (χ0v) is 15.4. The highest BCUT2D eigenvalue weighted by atomic mass is 16.3. The molecule has 2 saturated carbocycles. The molecule has 0 aromatic rings. The summed E-state index contributed by atoms with van der Waals surface area (Å²) in [6.45, 7) is 3.31. The molecule has 25 heavy (non-hydrogen) atoms. The number of likely N-dealkylation sites (tertiary alicyclic amines) is 1. The maximum absolute atomic E-state index is 12.2. The minimum absolute atomic E-state index is 0.125. The molecule has 3 amide bonds. The number of nitrogens with zero attached hydrogens (tertiary/aromatic N) is 1. The van der Waals surface area contributed by atoms with Crippen molar-refractivity contribution in [2.24, 2.45) is 17.8 Å². The number of amides is 3. The molecule has 3 fully saturated rings. The van der Waals surface area contributed by atoms with Crippen LogP contribution in [0.4, 0.5) is 4.79 Å². The first-order chi connectivity index (χ1) is 12.1.